The van der Waals surface area contributed by atoms with Gasteiger partial charge < -0.3 is 4.74 Å². The molecule has 2 rings (SSSR count). The van der Waals surface area contributed by atoms with Crippen LogP contribution in [-0.4, -0.2) is 18.4 Å². The fourth-order valence-corrected chi connectivity index (χ4v) is 2.96. The van der Waals surface area contributed by atoms with Crippen LogP contribution in [0.25, 0.3) is 0 Å². The van der Waals surface area contributed by atoms with E-state index in [1.165, 1.54) is 0 Å². The quantitative estimate of drug-likeness (QED) is 0.527. The van der Waals surface area contributed by atoms with E-state index in [0.29, 0.717) is 24.5 Å². The Morgan fingerprint density at radius 2 is 1.85 bits per heavy atom. The number of rotatable bonds is 8. The lowest BCUT2D eigenvalue weighted by Crippen LogP contribution is -2.43. The molecule has 27 heavy (non-hydrogen) atoms. The average molecular weight is 389 g/mol. The second-order valence-corrected chi connectivity index (χ2v) is 6.71. The van der Waals surface area contributed by atoms with Gasteiger partial charge in [0, 0.05) is 11.4 Å². The molecule has 2 aromatic carbocycles. The smallest absolute Gasteiger partial charge is 0.245 e. The predicted octanol–water partition coefficient (Wildman–Crippen LogP) is 4.15. The van der Waals surface area contributed by atoms with Crippen LogP contribution in [-0.2, 0) is 9.59 Å². The van der Waals surface area contributed by atoms with Crippen molar-refractivity contribution in [2.75, 3.05) is 6.61 Å². The van der Waals surface area contributed by atoms with Gasteiger partial charge in [0.1, 0.15) is 5.75 Å². The third-order valence-corrected chi connectivity index (χ3v) is 4.43. The van der Waals surface area contributed by atoms with E-state index in [4.69, 9.17) is 16.3 Å². The van der Waals surface area contributed by atoms with Crippen LogP contribution >= 0.6 is 11.6 Å². The number of benzene rings is 2. The second kappa shape index (κ2) is 10.6. The second-order valence-electron chi connectivity index (χ2n) is 6.27. The van der Waals surface area contributed by atoms with Gasteiger partial charge in [-0.2, -0.15) is 0 Å². The van der Waals surface area contributed by atoms with Gasteiger partial charge in [0.15, 0.2) is 0 Å². The molecule has 2 amide bonds. The summed E-state index contributed by atoms with van der Waals surface area (Å²) in [5.74, 6) is -0.00254. The molecule has 6 heteroatoms. The van der Waals surface area contributed by atoms with Crippen LogP contribution in [0.2, 0.25) is 5.02 Å². The van der Waals surface area contributed by atoms with E-state index in [0.717, 1.165) is 16.9 Å². The predicted molar refractivity (Wildman–Crippen MR) is 107 cm³/mol. The van der Waals surface area contributed by atoms with Gasteiger partial charge in [0.2, 0.25) is 11.8 Å². The summed E-state index contributed by atoms with van der Waals surface area (Å²) in [5.41, 5.74) is 6.86. The number of halogens is 1. The van der Waals surface area contributed by atoms with E-state index in [2.05, 4.69) is 10.9 Å². The molecule has 0 bridgehead atoms. The fourth-order valence-electron chi connectivity index (χ4n) is 2.73. The molecular formula is C21H25ClN2O3. The Morgan fingerprint density at radius 1 is 1.11 bits per heavy atom. The Labute approximate surface area is 165 Å². The van der Waals surface area contributed by atoms with Crippen LogP contribution < -0.4 is 15.6 Å². The van der Waals surface area contributed by atoms with Gasteiger partial charge >= 0.3 is 0 Å². The topological polar surface area (TPSA) is 67.4 Å². The maximum absolute atomic E-state index is 12.3. The lowest BCUT2D eigenvalue weighted by Gasteiger charge is -2.16. The van der Waals surface area contributed by atoms with Gasteiger partial charge in [0.05, 0.1) is 12.5 Å². The number of carbonyl (C=O) groups is 2. The zero-order valence-corrected chi connectivity index (χ0v) is 16.4. The first-order valence-electron chi connectivity index (χ1n) is 9.04. The summed E-state index contributed by atoms with van der Waals surface area (Å²) in [7, 11) is 0. The summed E-state index contributed by atoms with van der Waals surface area (Å²) >= 11 is 5.91. The number of aryl methyl sites for hydroxylation is 1. The van der Waals surface area contributed by atoms with Crippen LogP contribution in [0.5, 0.6) is 5.75 Å². The molecule has 0 aliphatic heterocycles. The lowest BCUT2D eigenvalue weighted by atomic mass is 9.96. The van der Waals surface area contributed by atoms with Crippen LogP contribution in [0, 0.1) is 6.92 Å². The van der Waals surface area contributed by atoms with Gasteiger partial charge in [-0.25, -0.2) is 0 Å². The van der Waals surface area contributed by atoms with Crippen LogP contribution in [0.4, 0.5) is 0 Å². The van der Waals surface area contributed by atoms with E-state index < -0.39 is 0 Å². The molecular weight excluding hydrogens is 364 g/mol. The van der Waals surface area contributed by atoms with E-state index in [9.17, 15) is 9.59 Å². The largest absolute Gasteiger partial charge is 0.493 e. The molecule has 0 spiro atoms. The van der Waals surface area contributed by atoms with Gasteiger partial charge in [-0.1, -0.05) is 48.9 Å². The SMILES string of the molecule is CCC(C(=O)NNC(=O)CCCOc1ccc(Cl)cc1C)c1ccccc1. The van der Waals surface area contributed by atoms with E-state index in [-0.39, 0.29) is 24.2 Å². The highest BCUT2D eigenvalue weighted by Gasteiger charge is 2.18. The Morgan fingerprint density at radius 3 is 2.52 bits per heavy atom. The standard InChI is InChI=1S/C21H25ClN2O3/c1-3-18(16-8-5-4-6-9-16)21(26)24-23-20(25)10-7-13-27-19-12-11-17(22)14-15(19)2/h4-6,8-9,11-12,14,18H,3,7,10,13H2,1-2H3,(H,23,25)(H,24,26). The highest BCUT2D eigenvalue weighted by molar-refractivity contribution is 6.30. The summed E-state index contributed by atoms with van der Waals surface area (Å²) in [5, 5.41) is 0.663. The summed E-state index contributed by atoms with van der Waals surface area (Å²) in [6, 6.07) is 14.9. The fraction of sp³-hybridized carbons (Fsp3) is 0.333. The molecule has 0 aliphatic carbocycles. The Hall–Kier alpha value is -2.53. The first-order chi connectivity index (χ1) is 13.0. The summed E-state index contributed by atoms with van der Waals surface area (Å²) in [4.78, 5) is 24.2. The van der Waals surface area contributed by atoms with E-state index in [1.807, 2.05) is 56.3 Å². The number of ether oxygens (including phenoxy) is 1. The third-order valence-electron chi connectivity index (χ3n) is 4.19. The molecule has 1 unspecified atom stereocenters. The molecule has 0 heterocycles. The highest BCUT2D eigenvalue weighted by atomic mass is 35.5. The number of nitrogens with one attached hydrogen (secondary N) is 2. The van der Waals surface area contributed by atoms with Crippen molar-refractivity contribution in [3.8, 4) is 5.75 Å². The van der Waals surface area contributed by atoms with E-state index >= 15 is 0 Å². The molecule has 0 aromatic heterocycles. The third kappa shape index (κ3) is 6.61. The van der Waals surface area contributed by atoms with Crippen LogP contribution in [0.1, 0.15) is 43.2 Å². The number of carbonyl (C=O) groups excluding carboxylic acids is 2. The molecule has 1 atom stereocenters. The maximum atomic E-state index is 12.3. The number of amides is 2. The molecule has 0 aliphatic rings. The molecule has 2 aromatic rings. The van der Waals surface area contributed by atoms with Crippen LogP contribution in [0.15, 0.2) is 48.5 Å². The van der Waals surface area contributed by atoms with Crippen LogP contribution in [0.3, 0.4) is 0 Å². The maximum Gasteiger partial charge on any atom is 0.245 e. The molecule has 2 N–H and O–H groups in total. The van der Waals surface area contributed by atoms with Crippen molar-refractivity contribution in [1.82, 2.24) is 10.9 Å². The molecule has 0 saturated carbocycles. The monoisotopic (exact) mass is 388 g/mol. The normalized spacial score (nSPS) is 11.5. The summed E-state index contributed by atoms with van der Waals surface area (Å²) < 4.78 is 5.66. The van der Waals surface area contributed by atoms with Crippen molar-refractivity contribution in [2.24, 2.45) is 0 Å². The molecule has 144 valence electrons. The van der Waals surface area contributed by atoms with Gasteiger partial charge in [-0.15, -0.1) is 0 Å². The van der Waals surface area contributed by atoms with Gasteiger partial charge in [0.25, 0.3) is 0 Å². The van der Waals surface area contributed by atoms with Crippen molar-refractivity contribution in [3.63, 3.8) is 0 Å². The minimum Gasteiger partial charge on any atom is -0.493 e. The average Bonchev–Trinajstić information content (AvgIpc) is 2.66. The van der Waals surface area contributed by atoms with Gasteiger partial charge in [-0.05, 0) is 49.1 Å². The van der Waals surface area contributed by atoms with Crippen molar-refractivity contribution < 1.29 is 14.3 Å². The van der Waals surface area contributed by atoms with Crippen molar-refractivity contribution in [3.05, 3.63) is 64.7 Å². The van der Waals surface area contributed by atoms with E-state index in [1.54, 1.807) is 6.07 Å². The van der Waals surface area contributed by atoms with Crippen molar-refractivity contribution in [1.29, 1.82) is 0 Å². The summed E-state index contributed by atoms with van der Waals surface area (Å²) in [6.07, 6.45) is 1.45. The minimum atomic E-state index is -0.289. The van der Waals surface area contributed by atoms with Gasteiger partial charge in [-0.3, -0.25) is 20.4 Å². The zero-order chi connectivity index (χ0) is 19.6. The van der Waals surface area contributed by atoms with Crippen molar-refractivity contribution in [2.45, 2.75) is 39.0 Å². The Kier molecular flexibility index (Phi) is 8.14. The molecule has 0 saturated heterocycles. The first-order valence-corrected chi connectivity index (χ1v) is 9.41. The minimum absolute atomic E-state index is 0.218. The van der Waals surface area contributed by atoms with Crippen molar-refractivity contribution >= 4 is 23.4 Å². The number of hydrazine groups is 1. The number of hydrogen-bond acceptors (Lipinski definition) is 3. The highest BCUT2D eigenvalue weighted by Crippen LogP contribution is 2.22. The molecule has 5 nitrogen and oxygen atoms in total. The first kappa shape index (κ1) is 20.8. The molecule has 0 fully saturated rings. The Balaban J connectivity index is 1.70. The number of hydrogen-bond donors (Lipinski definition) is 2. The molecule has 0 radical (unpaired) electrons. The summed E-state index contributed by atoms with van der Waals surface area (Å²) in [6.45, 7) is 4.26. The Bertz CT molecular complexity index is 765. The lowest BCUT2D eigenvalue weighted by molar-refractivity contribution is -0.129. The zero-order valence-electron chi connectivity index (χ0n) is 15.6.